The molecule has 0 radical (unpaired) electrons. The van der Waals surface area contributed by atoms with E-state index < -0.39 is 0 Å². The Labute approximate surface area is 144 Å². The van der Waals surface area contributed by atoms with Crippen molar-refractivity contribution in [2.24, 2.45) is 4.99 Å². The lowest BCUT2D eigenvalue weighted by Gasteiger charge is -2.13. The van der Waals surface area contributed by atoms with Crippen LogP contribution in [0.25, 0.3) is 10.8 Å². The zero-order valence-electron chi connectivity index (χ0n) is 14.5. The molecular formula is C19H27N3O2. The molecule has 2 aromatic carbocycles. The van der Waals surface area contributed by atoms with Crippen molar-refractivity contribution in [1.82, 2.24) is 10.6 Å². The molecule has 2 N–H and O–H groups in total. The van der Waals surface area contributed by atoms with Gasteiger partial charge < -0.3 is 20.1 Å². The Morgan fingerprint density at radius 1 is 1.00 bits per heavy atom. The van der Waals surface area contributed by atoms with Gasteiger partial charge in [-0.15, -0.1) is 0 Å². The molecule has 0 aliphatic rings. The topological polar surface area (TPSA) is 54.9 Å². The van der Waals surface area contributed by atoms with E-state index in [1.165, 1.54) is 5.39 Å². The summed E-state index contributed by atoms with van der Waals surface area (Å²) in [7, 11) is 1.77. The Morgan fingerprint density at radius 3 is 2.62 bits per heavy atom. The summed E-state index contributed by atoms with van der Waals surface area (Å²) in [6.07, 6.45) is 0.959. The second-order valence-electron chi connectivity index (χ2n) is 5.30. The second-order valence-corrected chi connectivity index (χ2v) is 5.30. The molecule has 24 heavy (non-hydrogen) atoms. The molecule has 130 valence electrons. The average Bonchev–Trinajstić information content (AvgIpc) is 2.63. The molecule has 0 amide bonds. The molecule has 0 unspecified atom stereocenters. The highest BCUT2D eigenvalue weighted by Gasteiger charge is 2.01. The quantitative estimate of drug-likeness (QED) is 0.422. The van der Waals surface area contributed by atoms with Crippen molar-refractivity contribution < 1.29 is 9.47 Å². The maximum Gasteiger partial charge on any atom is 0.191 e. The van der Waals surface area contributed by atoms with E-state index in [1.807, 2.05) is 31.2 Å². The Balaban J connectivity index is 1.71. The van der Waals surface area contributed by atoms with Gasteiger partial charge in [0.2, 0.25) is 0 Å². The Bertz CT molecular complexity index is 638. The standard InChI is InChI=1S/C19H27N3O2/c1-3-23-14-7-12-21-19(20-2)22-13-15-24-18-11-6-9-16-8-4-5-10-17(16)18/h4-6,8-11H,3,7,12-15H2,1-2H3,(H2,20,21,22). The van der Waals surface area contributed by atoms with Crippen LogP contribution in [0.4, 0.5) is 0 Å². The molecule has 0 aliphatic carbocycles. The van der Waals surface area contributed by atoms with Gasteiger partial charge in [-0.3, -0.25) is 4.99 Å². The zero-order valence-corrected chi connectivity index (χ0v) is 14.5. The maximum atomic E-state index is 5.91. The van der Waals surface area contributed by atoms with E-state index in [1.54, 1.807) is 7.05 Å². The fraction of sp³-hybridized carbons (Fsp3) is 0.421. The largest absolute Gasteiger partial charge is 0.491 e. The van der Waals surface area contributed by atoms with E-state index in [0.717, 1.165) is 43.3 Å². The molecule has 2 aromatic rings. The highest BCUT2D eigenvalue weighted by atomic mass is 16.5. The minimum atomic E-state index is 0.577. The summed E-state index contributed by atoms with van der Waals surface area (Å²) in [4.78, 5) is 4.20. The minimum Gasteiger partial charge on any atom is -0.491 e. The van der Waals surface area contributed by atoms with Gasteiger partial charge >= 0.3 is 0 Å². The van der Waals surface area contributed by atoms with Crippen LogP contribution in [-0.4, -0.2) is 45.9 Å². The number of ether oxygens (including phenoxy) is 2. The molecule has 0 spiro atoms. The van der Waals surface area contributed by atoms with E-state index in [9.17, 15) is 0 Å². The molecule has 0 heterocycles. The van der Waals surface area contributed by atoms with Crippen LogP contribution < -0.4 is 15.4 Å². The van der Waals surface area contributed by atoms with Crippen LogP contribution in [-0.2, 0) is 4.74 Å². The lowest BCUT2D eigenvalue weighted by molar-refractivity contribution is 0.145. The van der Waals surface area contributed by atoms with Crippen molar-refractivity contribution in [3.05, 3.63) is 42.5 Å². The van der Waals surface area contributed by atoms with Crippen LogP contribution in [0.3, 0.4) is 0 Å². The third-order valence-corrected chi connectivity index (χ3v) is 3.59. The van der Waals surface area contributed by atoms with Gasteiger partial charge in [-0.25, -0.2) is 0 Å². The van der Waals surface area contributed by atoms with E-state index in [-0.39, 0.29) is 0 Å². The SMILES string of the molecule is CCOCCCNC(=NC)NCCOc1cccc2ccccc12. The van der Waals surface area contributed by atoms with Crippen LogP contribution in [0.5, 0.6) is 5.75 Å². The van der Waals surface area contributed by atoms with Crippen LogP contribution in [0.1, 0.15) is 13.3 Å². The first kappa shape index (κ1) is 18.1. The number of nitrogens with one attached hydrogen (secondary N) is 2. The van der Waals surface area contributed by atoms with Gasteiger partial charge in [0.15, 0.2) is 5.96 Å². The number of hydrogen-bond acceptors (Lipinski definition) is 3. The van der Waals surface area contributed by atoms with E-state index in [2.05, 4.69) is 33.8 Å². The Morgan fingerprint density at radius 2 is 1.79 bits per heavy atom. The first-order chi connectivity index (χ1) is 11.8. The molecule has 0 saturated heterocycles. The van der Waals surface area contributed by atoms with Gasteiger partial charge in [0.25, 0.3) is 0 Å². The van der Waals surface area contributed by atoms with Crippen molar-refractivity contribution in [2.75, 3.05) is 40.0 Å². The van der Waals surface area contributed by atoms with E-state index >= 15 is 0 Å². The minimum absolute atomic E-state index is 0.577. The van der Waals surface area contributed by atoms with Crippen LogP contribution in [0.2, 0.25) is 0 Å². The van der Waals surface area contributed by atoms with Crippen molar-refractivity contribution in [3.63, 3.8) is 0 Å². The molecule has 5 heteroatoms. The predicted molar refractivity (Wildman–Crippen MR) is 99.9 cm³/mol. The summed E-state index contributed by atoms with van der Waals surface area (Å²) >= 11 is 0. The second kappa shape index (κ2) is 10.5. The van der Waals surface area contributed by atoms with E-state index in [4.69, 9.17) is 9.47 Å². The van der Waals surface area contributed by atoms with Crippen LogP contribution in [0, 0.1) is 0 Å². The van der Waals surface area contributed by atoms with Gasteiger partial charge in [-0.1, -0.05) is 36.4 Å². The number of nitrogens with zero attached hydrogens (tertiary/aromatic N) is 1. The summed E-state index contributed by atoms with van der Waals surface area (Å²) in [5.41, 5.74) is 0. The van der Waals surface area contributed by atoms with Crippen molar-refractivity contribution >= 4 is 16.7 Å². The molecule has 0 aromatic heterocycles. The van der Waals surface area contributed by atoms with Crippen molar-refractivity contribution in [2.45, 2.75) is 13.3 Å². The first-order valence-electron chi connectivity index (χ1n) is 8.48. The molecule has 0 bridgehead atoms. The summed E-state index contributed by atoms with van der Waals surface area (Å²) in [6.45, 7) is 5.64. The molecule has 5 nitrogen and oxygen atoms in total. The number of fused-ring (bicyclic) bond motifs is 1. The maximum absolute atomic E-state index is 5.91. The third-order valence-electron chi connectivity index (χ3n) is 3.59. The molecule has 2 rings (SSSR count). The Kier molecular flexibility index (Phi) is 7.90. The average molecular weight is 329 g/mol. The van der Waals surface area contributed by atoms with Gasteiger partial charge in [0.05, 0.1) is 6.54 Å². The predicted octanol–water partition coefficient (Wildman–Crippen LogP) is 2.81. The summed E-state index contributed by atoms with van der Waals surface area (Å²) in [6, 6.07) is 14.4. The normalized spacial score (nSPS) is 11.5. The van der Waals surface area contributed by atoms with Gasteiger partial charge in [-0.2, -0.15) is 0 Å². The van der Waals surface area contributed by atoms with Gasteiger partial charge in [-0.05, 0) is 24.8 Å². The summed E-state index contributed by atoms with van der Waals surface area (Å²) in [5, 5.41) is 8.84. The number of aliphatic imine (C=N–C) groups is 1. The first-order valence-corrected chi connectivity index (χ1v) is 8.48. The molecule has 0 aliphatic heterocycles. The third kappa shape index (κ3) is 5.74. The molecule has 0 atom stereocenters. The van der Waals surface area contributed by atoms with Gasteiger partial charge in [0, 0.05) is 32.2 Å². The number of rotatable bonds is 9. The molecule has 0 fully saturated rings. The van der Waals surface area contributed by atoms with Crippen molar-refractivity contribution in [1.29, 1.82) is 0 Å². The lowest BCUT2D eigenvalue weighted by atomic mass is 10.1. The molecule has 0 saturated carbocycles. The zero-order chi connectivity index (χ0) is 17.0. The van der Waals surface area contributed by atoms with Crippen LogP contribution in [0.15, 0.2) is 47.5 Å². The number of benzene rings is 2. The fourth-order valence-electron chi connectivity index (χ4n) is 2.40. The fourth-order valence-corrected chi connectivity index (χ4v) is 2.40. The highest BCUT2D eigenvalue weighted by molar-refractivity contribution is 5.88. The summed E-state index contributed by atoms with van der Waals surface area (Å²) in [5.74, 6) is 1.70. The van der Waals surface area contributed by atoms with Crippen LogP contribution >= 0.6 is 0 Å². The Hall–Kier alpha value is -2.27. The van der Waals surface area contributed by atoms with Crippen molar-refractivity contribution in [3.8, 4) is 5.75 Å². The van der Waals surface area contributed by atoms with E-state index in [0.29, 0.717) is 13.2 Å². The summed E-state index contributed by atoms with van der Waals surface area (Å²) < 4.78 is 11.2. The number of hydrogen-bond donors (Lipinski definition) is 2. The lowest BCUT2D eigenvalue weighted by Crippen LogP contribution is -2.39. The monoisotopic (exact) mass is 329 g/mol. The smallest absolute Gasteiger partial charge is 0.191 e. The number of guanidine groups is 1. The highest BCUT2D eigenvalue weighted by Crippen LogP contribution is 2.24. The molecular weight excluding hydrogens is 302 g/mol. The van der Waals surface area contributed by atoms with Gasteiger partial charge in [0.1, 0.15) is 12.4 Å².